The summed E-state index contributed by atoms with van der Waals surface area (Å²) in [7, 11) is -5.31. The van der Waals surface area contributed by atoms with Crippen LogP contribution in [0.25, 0.3) is 0 Å². The normalized spacial score (nSPS) is 23.2. The van der Waals surface area contributed by atoms with Gasteiger partial charge in [-0.1, -0.05) is 129 Å². The summed E-state index contributed by atoms with van der Waals surface area (Å²) in [6.07, 6.45) is 5.79. The van der Waals surface area contributed by atoms with Gasteiger partial charge in [-0.15, -0.1) is 0 Å². The second-order valence-corrected chi connectivity index (χ2v) is 14.6. The van der Waals surface area contributed by atoms with Crippen molar-refractivity contribution in [1.82, 2.24) is 5.32 Å². The van der Waals surface area contributed by atoms with E-state index < -0.39 is 81.8 Å². The van der Waals surface area contributed by atoms with Crippen LogP contribution in [0.2, 0.25) is 0 Å². The first-order valence-corrected chi connectivity index (χ1v) is 20.1. The fourth-order valence-electron chi connectivity index (χ4n) is 6.06. The number of alkyl halides is 1. The number of phosphoric acid groups is 1. The van der Waals surface area contributed by atoms with Crippen molar-refractivity contribution < 1.29 is 62.8 Å². The molecule has 1 unspecified atom stereocenters. The molecule has 13 nitrogen and oxygen atoms in total. The molecule has 0 aromatic heterocycles. The summed E-state index contributed by atoms with van der Waals surface area (Å²) in [6.45, 7) is 3.39. The van der Waals surface area contributed by atoms with E-state index in [1.807, 2.05) is 0 Å². The van der Waals surface area contributed by atoms with Crippen molar-refractivity contribution in [3.05, 3.63) is 0 Å². The van der Waals surface area contributed by atoms with E-state index in [-0.39, 0.29) is 6.42 Å². The lowest BCUT2D eigenvalue weighted by Gasteiger charge is -2.43. The Balaban J connectivity index is 2.77. The van der Waals surface area contributed by atoms with Crippen molar-refractivity contribution in [3.63, 3.8) is 0 Å². The van der Waals surface area contributed by atoms with Gasteiger partial charge in [-0.25, -0.2) is 8.96 Å². The number of hydrogen-bond donors (Lipinski definition) is 7. The van der Waals surface area contributed by atoms with Crippen LogP contribution in [0.15, 0.2) is 0 Å². The lowest BCUT2D eigenvalue weighted by atomic mass is 9.96. The van der Waals surface area contributed by atoms with Crippen molar-refractivity contribution in [1.29, 1.82) is 0 Å². The van der Waals surface area contributed by atoms with Crippen LogP contribution in [0, 0.1) is 0 Å². The molecule has 290 valence electrons. The Bertz CT molecular complexity index is 928. The molecule has 0 aromatic rings. The molecule has 1 rings (SSSR count). The number of rotatable bonds is 29. The zero-order valence-electron chi connectivity index (χ0n) is 29.6. The lowest BCUT2D eigenvalue weighted by Crippen LogP contribution is -2.66. The second-order valence-electron chi connectivity index (χ2n) is 13.4. The molecule has 7 N–H and O–H groups in total. The van der Waals surface area contributed by atoms with Crippen LogP contribution in [-0.4, -0.2) is 97.7 Å². The predicted molar refractivity (Wildman–Crippen MR) is 182 cm³/mol. The molecule has 8 atom stereocenters. The van der Waals surface area contributed by atoms with Crippen molar-refractivity contribution >= 4 is 19.7 Å². The number of carbonyl (C=O) groups excluding carboxylic acids is 2. The van der Waals surface area contributed by atoms with Crippen LogP contribution in [0.3, 0.4) is 0 Å². The largest absolute Gasteiger partial charge is 0.470 e. The smallest absolute Gasteiger partial charge is 0.457 e. The maximum absolute atomic E-state index is 15.0. The number of aliphatic hydroxyl groups excluding tert-OH is 4. The van der Waals surface area contributed by atoms with Gasteiger partial charge in [-0.2, -0.15) is 0 Å². The quantitative estimate of drug-likeness (QED) is 0.0313. The van der Waals surface area contributed by atoms with Gasteiger partial charge >= 0.3 is 13.8 Å². The van der Waals surface area contributed by atoms with Crippen molar-refractivity contribution in [2.45, 2.75) is 198 Å². The molecule has 1 aliphatic rings. The van der Waals surface area contributed by atoms with Gasteiger partial charge in [0.1, 0.15) is 18.2 Å². The third kappa shape index (κ3) is 20.4. The number of unbranched alkanes of at least 4 members (excludes halogenated alkanes) is 16. The summed E-state index contributed by atoms with van der Waals surface area (Å²) in [5.74, 6) is -2.42. The molecule has 0 saturated carbocycles. The Kier molecular flexibility index (Phi) is 24.8. The van der Waals surface area contributed by atoms with E-state index >= 15 is 4.39 Å². The topological polar surface area (TPSA) is 212 Å². The average Bonchev–Trinajstić information content (AvgIpc) is 3.04. The maximum atomic E-state index is 15.0. The number of ether oxygens (including phenoxy) is 2. The fraction of sp³-hybridized carbons (Fsp3) is 0.941. The number of halogens is 1. The monoisotopic (exact) mass is 729 g/mol. The summed E-state index contributed by atoms with van der Waals surface area (Å²) in [5, 5.41) is 43.3. The van der Waals surface area contributed by atoms with Gasteiger partial charge in [-0.05, 0) is 12.8 Å². The summed E-state index contributed by atoms with van der Waals surface area (Å²) in [5.41, 5.74) is 0. The minimum absolute atomic E-state index is 0.0000670. The van der Waals surface area contributed by atoms with E-state index in [4.69, 9.17) is 14.0 Å². The van der Waals surface area contributed by atoms with Crippen molar-refractivity contribution in [2.24, 2.45) is 0 Å². The molecule has 49 heavy (non-hydrogen) atoms. The third-order valence-corrected chi connectivity index (χ3v) is 9.43. The first-order chi connectivity index (χ1) is 23.3. The minimum atomic E-state index is -5.31. The molecule has 1 amide bonds. The number of aliphatic hydroxyl groups is 4. The molecule has 0 bridgehead atoms. The molecule has 1 aliphatic heterocycles. The number of amides is 1. The Morgan fingerprint density at radius 3 is 1.73 bits per heavy atom. The van der Waals surface area contributed by atoms with Crippen LogP contribution in [0.4, 0.5) is 4.39 Å². The molecule has 0 radical (unpaired) electrons. The van der Waals surface area contributed by atoms with E-state index in [1.165, 1.54) is 44.9 Å². The molecule has 15 heteroatoms. The molecule has 0 aliphatic carbocycles. The summed E-state index contributed by atoms with van der Waals surface area (Å²) < 4.78 is 42.1. The Hall–Kier alpha value is -1.22. The van der Waals surface area contributed by atoms with Crippen LogP contribution in [0.1, 0.15) is 149 Å². The van der Waals surface area contributed by atoms with E-state index in [0.29, 0.717) is 19.3 Å². The molecule has 0 spiro atoms. The molecule has 1 saturated heterocycles. The highest BCUT2D eigenvalue weighted by Crippen LogP contribution is 2.42. The zero-order valence-corrected chi connectivity index (χ0v) is 30.5. The van der Waals surface area contributed by atoms with Crippen molar-refractivity contribution in [3.8, 4) is 0 Å². The highest BCUT2D eigenvalue weighted by atomic mass is 31.2. The van der Waals surface area contributed by atoms with Gasteiger partial charge in [0.2, 0.25) is 6.17 Å². The number of hydrogen-bond acceptors (Lipinski definition) is 10. The Labute approximate surface area is 291 Å². The molecular formula is C34H65FNO12P. The van der Waals surface area contributed by atoms with Gasteiger partial charge in [0.15, 0.2) is 12.4 Å². The number of phosphoric ester groups is 1. The van der Waals surface area contributed by atoms with Gasteiger partial charge in [0.25, 0.3) is 5.91 Å². The zero-order chi connectivity index (χ0) is 36.7. The van der Waals surface area contributed by atoms with Crippen LogP contribution >= 0.6 is 7.82 Å². The Morgan fingerprint density at radius 2 is 1.27 bits per heavy atom. The molecular weight excluding hydrogens is 664 g/mol. The standard InChI is InChI=1S/C34H65FNO12P/c1-3-5-7-9-11-13-15-17-19-21-25(38)23-28(40)47-32-30(34(42)46-27(24-37)31(32)48-49(43,44)45)36-33(41)29(35)26(39)22-20-18-16-14-12-10-8-6-4-2/h25-27,29-32,34,37-39,42H,3-24H2,1-2H3,(H,36,41)(H2,43,44,45)/t25-,26+,27-,29-,30-,31-,32-,34?/m1/s1. The highest BCUT2D eigenvalue weighted by molar-refractivity contribution is 7.46. The van der Waals surface area contributed by atoms with Gasteiger partial charge < -0.3 is 45.0 Å². The first kappa shape index (κ1) is 45.8. The summed E-state index contributed by atoms with van der Waals surface area (Å²) in [4.78, 5) is 44.7. The van der Waals surface area contributed by atoms with E-state index in [1.54, 1.807) is 0 Å². The summed E-state index contributed by atoms with van der Waals surface area (Å²) >= 11 is 0. The first-order valence-electron chi connectivity index (χ1n) is 18.5. The predicted octanol–water partition coefficient (Wildman–Crippen LogP) is 4.86. The minimum Gasteiger partial charge on any atom is -0.457 e. The third-order valence-electron chi connectivity index (χ3n) is 8.92. The van der Waals surface area contributed by atoms with Crippen LogP contribution in [-0.2, 0) is 28.2 Å². The molecule has 1 fully saturated rings. The molecule has 1 heterocycles. The second kappa shape index (κ2) is 26.5. The number of carbonyl (C=O) groups is 2. The highest BCUT2D eigenvalue weighted by Gasteiger charge is 2.51. The van der Waals surface area contributed by atoms with Crippen LogP contribution in [0.5, 0.6) is 0 Å². The fourth-order valence-corrected chi connectivity index (χ4v) is 6.63. The maximum Gasteiger partial charge on any atom is 0.470 e. The SMILES string of the molecule is CCCCCCCCCCC[C@@H](O)CC(=O)O[C@H]1[C@H](OP(=O)(O)O)[C@@H](CO)OC(O)[C@@H]1NC(=O)[C@H](F)[C@@H](O)CCCCCCCCCCC. The lowest BCUT2D eigenvalue weighted by molar-refractivity contribution is -0.256. The van der Waals surface area contributed by atoms with Gasteiger partial charge in [0.05, 0.1) is 25.2 Å². The van der Waals surface area contributed by atoms with E-state index in [9.17, 15) is 44.4 Å². The van der Waals surface area contributed by atoms with Crippen molar-refractivity contribution in [2.75, 3.05) is 6.61 Å². The number of nitrogens with one attached hydrogen (secondary N) is 1. The summed E-state index contributed by atoms with van der Waals surface area (Å²) in [6, 6.07) is -1.80. The van der Waals surface area contributed by atoms with Gasteiger partial charge in [0, 0.05) is 0 Å². The van der Waals surface area contributed by atoms with E-state index in [2.05, 4.69) is 19.2 Å². The average molecular weight is 730 g/mol. The molecule has 0 aromatic carbocycles. The number of esters is 1. The van der Waals surface area contributed by atoms with Crippen LogP contribution < -0.4 is 5.32 Å². The van der Waals surface area contributed by atoms with E-state index in [0.717, 1.165) is 57.8 Å². The Morgan fingerprint density at radius 1 is 0.796 bits per heavy atom. The van der Waals surface area contributed by atoms with Gasteiger partial charge in [-0.3, -0.25) is 14.1 Å².